The highest BCUT2D eigenvalue weighted by Gasteiger charge is 2.05. The Labute approximate surface area is 97.1 Å². The minimum absolute atomic E-state index is 0.206. The number of hydrogen-bond donors (Lipinski definition) is 1. The van der Waals surface area contributed by atoms with Crippen LogP contribution in [-0.4, -0.2) is 20.1 Å². The van der Waals surface area contributed by atoms with Gasteiger partial charge in [0.25, 0.3) is 0 Å². The lowest BCUT2D eigenvalue weighted by Gasteiger charge is -2.05. The maximum Gasteiger partial charge on any atom is 0.224 e. The second-order valence-electron chi connectivity index (χ2n) is 3.25. The van der Waals surface area contributed by atoms with Crippen LogP contribution in [0.1, 0.15) is 17.3 Å². The van der Waals surface area contributed by atoms with E-state index < -0.39 is 0 Å². The number of rotatable bonds is 3. The van der Waals surface area contributed by atoms with Gasteiger partial charge in [-0.1, -0.05) is 5.16 Å². The van der Waals surface area contributed by atoms with Gasteiger partial charge >= 0.3 is 0 Å². The third-order valence-electron chi connectivity index (χ3n) is 1.93. The number of anilines is 1. The molecule has 0 saturated carbocycles. The molecule has 2 rings (SSSR count). The van der Waals surface area contributed by atoms with Crippen molar-refractivity contribution in [3.8, 4) is 0 Å². The van der Waals surface area contributed by atoms with Crippen LogP contribution in [0.3, 0.4) is 0 Å². The molecule has 0 aromatic carbocycles. The summed E-state index contributed by atoms with van der Waals surface area (Å²) < 4.78 is 4.85. The van der Waals surface area contributed by atoms with E-state index in [9.17, 15) is 0 Å². The number of halogens is 1. The van der Waals surface area contributed by atoms with Crippen molar-refractivity contribution in [2.24, 2.45) is 0 Å². The molecule has 16 heavy (non-hydrogen) atoms. The lowest BCUT2D eigenvalue weighted by atomic mass is 10.3. The fraction of sp³-hybridized carbons (Fsp3) is 0.333. The largest absolute Gasteiger partial charge is 0.362 e. The van der Waals surface area contributed by atoms with Crippen LogP contribution in [0, 0.1) is 13.8 Å². The van der Waals surface area contributed by atoms with Crippen molar-refractivity contribution in [2.45, 2.75) is 20.4 Å². The molecule has 0 spiro atoms. The standard InChI is InChI=1S/C9H10ClN5O/c1-5-3-12-9(10)14-8(5)11-4-7-13-6(2)16-15-7/h3H,4H2,1-2H3,(H,11,12,14). The van der Waals surface area contributed by atoms with Gasteiger partial charge in [0.1, 0.15) is 5.82 Å². The molecule has 6 nitrogen and oxygen atoms in total. The number of aryl methyl sites for hydroxylation is 2. The Bertz CT molecular complexity index is 498. The average Bonchev–Trinajstić information content (AvgIpc) is 2.66. The molecule has 0 bridgehead atoms. The third-order valence-corrected chi connectivity index (χ3v) is 2.11. The Kier molecular flexibility index (Phi) is 3.00. The highest BCUT2D eigenvalue weighted by molar-refractivity contribution is 6.28. The predicted octanol–water partition coefficient (Wildman–Crippen LogP) is 1.74. The van der Waals surface area contributed by atoms with Gasteiger partial charge in [-0.25, -0.2) is 9.97 Å². The summed E-state index contributed by atoms with van der Waals surface area (Å²) in [6.45, 7) is 4.06. The van der Waals surface area contributed by atoms with Crippen LogP contribution < -0.4 is 5.32 Å². The third kappa shape index (κ3) is 2.46. The SMILES string of the molecule is Cc1nc(CNc2nc(Cl)ncc2C)no1. The molecule has 0 fully saturated rings. The molecule has 7 heteroatoms. The second-order valence-corrected chi connectivity index (χ2v) is 3.59. The van der Waals surface area contributed by atoms with E-state index in [4.69, 9.17) is 16.1 Å². The van der Waals surface area contributed by atoms with Gasteiger partial charge in [-0.05, 0) is 18.5 Å². The molecule has 1 N–H and O–H groups in total. The summed E-state index contributed by atoms with van der Waals surface area (Å²) in [6, 6.07) is 0. The first kappa shape index (κ1) is 10.8. The summed E-state index contributed by atoms with van der Waals surface area (Å²) >= 11 is 5.69. The molecule has 84 valence electrons. The zero-order valence-corrected chi connectivity index (χ0v) is 9.62. The molecular formula is C9H10ClN5O. The number of nitrogens with zero attached hydrogens (tertiary/aromatic N) is 4. The van der Waals surface area contributed by atoms with E-state index in [0.717, 1.165) is 5.56 Å². The summed E-state index contributed by atoms with van der Waals surface area (Å²) in [5.74, 6) is 1.78. The van der Waals surface area contributed by atoms with Crippen molar-refractivity contribution >= 4 is 17.4 Å². The van der Waals surface area contributed by atoms with E-state index >= 15 is 0 Å². The van der Waals surface area contributed by atoms with Crippen LogP contribution in [0.15, 0.2) is 10.7 Å². The lowest BCUT2D eigenvalue weighted by Crippen LogP contribution is -2.05. The summed E-state index contributed by atoms with van der Waals surface area (Å²) in [4.78, 5) is 12.0. The van der Waals surface area contributed by atoms with E-state index in [0.29, 0.717) is 24.1 Å². The van der Waals surface area contributed by atoms with Gasteiger partial charge in [0.05, 0.1) is 6.54 Å². The van der Waals surface area contributed by atoms with Crippen molar-refractivity contribution in [3.05, 3.63) is 28.8 Å². The van der Waals surface area contributed by atoms with E-state index in [2.05, 4.69) is 25.4 Å². The van der Waals surface area contributed by atoms with Gasteiger partial charge in [0, 0.05) is 18.7 Å². The highest BCUT2D eigenvalue weighted by atomic mass is 35.5. The Morgan fingerprint density at radius 1 is 1.38 bits per heavy atom. The van der Waals surface area contributed by atoms with Crippen LogP contribution in [0.25, 0.3) is 0 Å². The molecule has 2 heterocycles. The zero-order valence-electron chi connectivity index (χ0n) is 8.86. The number of nitrogens with one attached hydrogen (secondary N) is 1. The van der Waals surface area contributed by atoms with Crippen molar-refractivity contribution in [2.75, 3.05) is 5.32 Å². The molecule has 0 radical (unpaired) electrons. The number of hydrogen-bond acceptors (Lipinski definition) is 6. The van der Waals surface area contributed by atoms with Crippen molar-refractivity contribution < 1.29 is 4.52 Å². The van der Waals surface area contributed by atoms with Crippen LogP contribution in [0.5, 0.6) is 0 Å². The zero-order chi connectivity index (χ0) is 11.5. The lowest BCUT2D eigenvalue weighted by molar-refractivity contribution is 0.388. The molecule has 0 aliphatic rings. The normalized spacial score (nSPS) is 10.4. The molecule has 0 aliphatic heterocycles. The Hall–Kier alpha value is -1.69. The van der Waals surface area contributed by atoms with Crippen molar-refractivity contribution in [1.29, 1.82) is 0 Å². The topological polar surface area (TPSA) is 76.7 Å². The molecule has 0 unspecified atom stereocenters. The molecule has 0 saturated heterocycles. The van der Waals surface area contributed by atoms with Crippen LogP contribution in [0.4, 0.5) is 5.82 Å². The molecule has 0 atom stereocenters. The van der Waals surface area contributed by atoms with Crippen molar-refractivity contribution in [3.63, 3.8) is 0 Å². The monoisotopic (exact) mass is 239 g/mol. The van der Waals surface area contributed by atoms with E-state index in [1.54, 1.807) is 13.1 Å². The van der Waals surface area contributed by atoms with E-state index in [1.807, 2.05) is 6.92 Å². The van der Waals surface area contributed by atoms with Gasteiger partial charge in [-0.15, -0.1) is 0 Å². The molecule has 2 aromatic rings. The molecule has 0 aliphatic carbocycles. The number of aromatic nitrogens is 4. The van der Waals surface area contributed by atoms with Gasteiger partial charge in [-0.2, -0.15) is 4.98 Å². The molecular weight excluding hydrogens is 230 g/mol. The summed E-state index contributed by atoms with van der Waals surface area (Å²) in [5.41, 5.74) is 0.907. The van der Waals surface area contributed by atoms with Crippen molar-refractivity contribution in [1.82, 2.24) is 20.1 Å². The van der Waals surface area contributed by atoms with Crippen LogP contribution in [-0.2, 0) is 6.54 Å². The maximum absolute atomic E-state index is 5.69. The van der Waals surface area contributed by atoms with Gasteiger partial charge in [0.15, 0.2) is 5.82 Å². The summed E-state index contributed by atoms with van der Waals surface area (Å²) in [7, 11) is 0. The summed E-state index contributed by atoms with van der Waals surface area (Å²) in [5, 5.41) is 7.03. The molecule has 0 amide bonds. The fourth-order valence-electron chi connectivity index (χ4n) is 1.18. The highest BCUT2D eigenvalue weighted by Crippen LogP contribution is 2.13. The van der Waals surface area contributed by atoms with Crippen LogP contribution in [0.2, 0.25) is 5.28 Å². The first-order valence-electron chi connectivity index (χ1n) is 4.67. The fourth-order valence-corrected chi connectivity index (χ4v) is 1.31. The van der Waals surface area contributed by atoms with Gasteiger partial charge in [-0.3, -0.25) is 0 Å². The maximum atomic E-state index is 5.69. The minimum Gasteiger partial charge on any atom is -0.362 e. The second kappa shape index (κ2) is 4.44. The predicted molar refractivity (Wildman–Crippen MR) is 58.1 cm³/mol. The first-order valence-corrected chi connectivity index (χ1v) is 5.05. The van der Waals surface area contributed by atoms with E-state index in [1.165, 1.54) is 0 Å². The minimum atomic E-state index is 0.206. The average molecular weight is 240 g/mol. The Balaban J connectivity index is 2.07. The van der Waals surface area contributed by atoms with E-state index in [-0.39, 0.29) is 5.28 Å². The van der Waals surface area contributed by atoms with Gasteiger partial charge < -0.3 is 9.84 Å². The smallest absolute Gasteiger partial charge is 0.224 e. The Morgan fingerprint density at radius 2 is 2.19 bits per heavy atom. The Morgan fingerprint density at radius 3 is 2.88 bits per heavy atom. The quantitative estimate of drug-likeness (QED) is 0.823. The van der Waals surface area contributed by atoms with Crippen LogP contribution >= 0.6 is 11.6 Å². The molecule has 2 aromatic heterocycles. The summed E-state index contributed by atoms with van der Waals surface area (Å²) in [6.07, 6.45) is 1.65. The first-order chi connectivity index (χ1) is 7.65. The van der Waals surface area contributed by atoms with Gasteiger partial charge in [0.2, 0.25) is 11.2 Å².